The summed E-state index contributed by atoms with van der Waals surface area (Å²) in [5.74, 6) is 3.46. The summed E-state index contributed by atoms with van der Waals surface area (Å²) in [6.07, 6.45) is -16.8. The van der Waals surface area contributed by atoms with E-state index in [-0.39, 0.29) is 49.0 Å². The third kappa shape index (κ3) is 15.6. The molecule has 1 unspecified atom stereocenters. The minimum absolute atomic E-state index is 0. The van der Waals surface area contributed by atoms with Crippen molar-refractivity contribution >= 4 is 261 Å². The molecule has 0 aliphatic carbocycles. The summed E-state index contributed by atoms with van der Waals surface area (Å²) in [5.41, 5.74) is 2.98. The monoisotopic (exact) mass is 951 g/mol. The number of benzene rings is 2. The second-order valence-electron chi connectivity index (χ2n) is 18.4. The van der Waals surface area contributed by atoms with E-state index in [1.807, 2.05) is 24.3 Å². The maximum atomic E-state index is 13.3. The van der Waals surface area contributed by atoms with Crippen LogP contribution in [0.2, 0.25) is 0 Å². The predicted molar refractivity (Wildman–Crippen MR) is 323 cm³/mol. The van der Waals surface area contributed by atoms with Crippen LogP contribution in [0.1, 0.15) is 29.2 Å². The Kier molecular flexibility index (Phi) is 27.1. The topological polar surface area (TPSA) is 63.2 Å². The van der Waals surface area contributed by atoms with E-state index in [0.717, 1.165) is 29.7 Å². The molecule has 38 radical (unpaired) electrons. The number of fused-ring (bicyclic) bond motifs is 2. The Balaban J connectivity index is 0.000000463. The first-order chi connectivity index (χ1) is 31.2. The van der Waals surface area contributed by atoms with E-state index in [1.165, 1.54) is 0 Å². The average molecular weight is 945 g/mol. The number of likely N-dealkylation sites (N-methyl/N-ethyl adjacent to an activating group) is 1. The first-order valence-corrected chi connectivity index (χ1v) is 22.1. The number of rotatable bonds is 23. The minimum atomic E-state index is -1.17. The fourth-order valence-electron chi connectivity index (χ4n) is 10.3. The molecule has 68 heavy (non-hydrogen) atoms. The summed E-state index contributed by atoms with van der Waals surface area (Å²) in [6.45, 7) is 1.11. The molecular formula is C24H30B36INO6. The summed E-state index contributed by atoms with van der Waals surface area (Å²) in [7, 11) is 126. The maximum absolute atomic E-state index is 13.3. The fraction of sp³-hybridized carbons (Fsp3) is 0.458. The van der Waals surface area contributed by atoms with E-state index in [1.54, 1.807) is 21.3 Å². The number of methoxy groups -OCH3 is 3. The number of carbonyl (C=O) groups is 1. The number of hydrogen-bond donors (Lipinski definition) is 0. The molecule has 2 aliphatic rings. The SMILES string of the molecule is COc1cccc(OC)c1CC(=O)CC1c2c(cc3c(c2OC)OCO3)CC[N+]1(C)C.[B]B([B])B([B])B(B(B([B])[B])B([B])[B])B(B(B([B])[B])B([B])[B])B(B(B([B])[B])B([B])[B])B(B([B])[B])B([B])[B].[I-]. The molecule has 0 saturated heterocycles. The van der Waals surface area contributed by atoms with Crippen molar-refractivity contribution in [2.45, 2.75) is 25.3 Å². The van der Waals surface area contributed by atoms with Gasteiger partial charge in [-0.2, -0.15) is 0 Å². The smallest absolute Gasteiger partial charge is 0.231 e. The second kappa shape index (κ2) is 28.7. The molecule has 2 heterocycles. The highest BCUT2D eigenvalue weighted by Gasteiger charge is 2.55. The molecule has 7 nitrogen and oxygen atoms in total. The first-order valence-electron chi connectivity index (χ1n) is 22.1. The third-order valence-electron chi connectivity index (χ3n) is 13.5. The Labute approximate surface area is 458 Å². The van der Waals surface area contributed by atoms with Crippen LogP contribution in [-0.2, 0) is 17.6 Å². The molecular weight excluding hydrogens is 914 g/mol. The van der Waals surface area contributed by atoms with Crippen LogP contribution in [-0.4, -0.2) is 315 Å². The predicted octanol–water partition coefficient (Wildman–Crippen LogP) is -13.4. The van der Waals surface area contributed by atoms with Gasteiger partial charge in [-0.05, 0) is 23.8 Å². The van der Waals surface area contributed by atoms with Gasteiger partial charge in [0.1, 0.15) is 23.3 Å². The largest absolute Gasteiger partial charge is 1.00 e. The summed E-state index contributed by atoms with van der Waals surface area (Å²) in [6, 6.07) is 7.55. The summed E-state index contributed by atoms with van der Waals surface area (Å²) in [4.78, 5) is 13.3. The van der Waals surface area contributed by atoms with Gasteiger partial charge in [0, 0.05) is 274 Å². The van der Waals surface area contributed by atoms with E-state index in [0.29, 0.717) is 39.7 Å². The Bertz CT molecular complexity index is 1810. The lowest BCUT2D eigenvalue weighted by atomic mass is 8.29. The zero-order valence-corrected chi connectivity index (χ0v) is 42.1. The molecule has 0 amide bonds. The molecule has 282 valence electrons. The summed E-state index contributed by atoms with van der Waals surface area (Å²) < 4.78 is 28.7. The molecule has 0 fully saturated rings. The molecule has 2 aliphatic heterocycles. The van der Waals surface area contributed by atoms with Crippen molar-refractivity contribution in [2.75, 3.05) is 48.8 Å². The van der Waals surface area contributed by atoms with Gasteiger partial charge in [-0.15, -0.1) is 0 Å². The highest BCUT2D eigenvalue weighted by Crippen LogP contribution is 2.51. The van der Waals surface area contributed by atoms with Crippen LogP contribution < -0.4 is 47.7 Å². The lowest BCUT2D eigenvalue weighted by Crippen LogP contribution is -3.00. The summed E-state index contributed by atoms with van der Waals surface area (Å²) in [5, 5.41) is 0. The molecule has 0 spiro atoms. The van der Waals surface area contributed by atoms with Gasteiger partial charge in [-0.1, -0.05) is 6.07 Å². The molecule has 0 bridgehead atoms. The zero-order valence-electron chi connectivity index (χ0n) is 40.0. The van der Waals surface area contributed by atoms with Crippen LogP contribution >= 0.6 is 0 Å². The number of Topliss-reactive ketones (excluding diaryl/α,β-unsaturated/α-hetero) is 1. The van der Waals surface area contributed by atoms with Crippen molar-refractivity contribution in [3.05, 3.63) is 41.0 Å². The van der Waals surface area contributed by atoms with Crippen molar-refractivity contribution in [3.63, 3.8) is 0 Å². The van der Waals surface area contributed by atoms with Crippen molar-refractivity contribution in [1.29, 1.82) is 0 Å². The zero-order chi connectivity index (χ0) is 51.0. The second-order valence-corrected chi connectivity index (χ2v) is 18.4. The highest BCUT2D eigenvalue weighted by atomic mass is 127. The van der Waals surface area contributed by atoms with E-state index in [2.05, 4.69) is 14.1 Å². The van der Waals surface area contributed by atoms with Gasteiger partial charge < -0.3 is 52.1 Å². The van der Waals surface area contributed by atoms with Gasteiger partial charge in [0.05, 0.1) is 54.0 Å². The van der Waals surface area contributed by atoms with E-state index >= 15 is 0 Å². The number of halogens is 1. The number of ketones is 1. The quantitative estimate of drug-likeness (QED) is 0.0628. The highest BCUT2D eigenvalue weighted by molar-refractivity contribution is 8.30. The summed E-state index contributed by atoms with van der Waals surface area (Å²) >= 11 is 0. The Morgan fingerprint density at radius 1 is 0.603 bits per heavy atom. The van der Waals surface area contributed by atoms with Crippen molar-refractivity contribution in [3.8, 4) is 28.7 Å². The van der Waals surface area contributed by atoms with Gasteiger partial charge in [-0.3, -0.25) is 4.79 Å². The van der Waals surface area contributed by atoms with Crippen molar-refractivity contribution < 1.29 is 56.9 Å². The fourth-order valence-corrected chi connectivity index (χ4v) is 10.3. The standard InChI is InChI=1S/C24H30NO6.B36.HI/c1-25(2)10-9-15-11-21-23(31-14-30-21)24(29-5)22(15)18(25)13-16(26)12-17-19(27-3)7-6-8-20(17)28-4;1-20(2)29(19)34(30(21(3)4)22(5)6)36(33(27(15)16)28(17)18)35(31(23(7)8)24(9)10)32(25(11)12)26(13)14;/h6-8,11,18H,9-10,12-14H2,1-5H3;;1H/q+1;;/p-1. The Hall–Kier alpha value is 0.138. The number of hydrogen-bond acceptors (Lipinski definition) is 6. The molecule has 4 rings (SSSR count). The number of quaternary nitrogens is 1. The normalized spacial score (nSPS) is 13.4. The molecule has 2 aromatic rings. The molecule has 2 aromatic carbocycles. The Morgan fingerprint density at radius 3 is 1.40 bits per heavy atom. The first kappa shape index (κ1) is 64.3. The maximum Gasteiger partial charge on any atom is 0.231 e. The van der Waals surface area contributed by atoms with Crippen LogP contribution in [0.25, 0.3) is 0 Å². The molecule has 0 aromatic heterocycles. The minimum Gasteiger partial charge on any atom is -1.00 e. The molecule has 0 saturated carbocycles. The molecule has 0 N–H and O–H groups in total. The Morgan fingerprint density at radius 2 is 1.01 bits per heavy atom. The lowest BCUT2D eigenvalue weighted by molar-refractivity contribution is -0.922. The van der Waals surface area contributed by atoms with Crippen LogP contribution in [0.4, 0.5) is 0 Å². The van der Waals surface area contributed by atoms with E-state index in [4.69, 9.17) is 171 Å². The average Bonchev–Trinajstić information content (AvgIpc) is 3.69. The van der Waals surface area contributed by atoms with E-state index < -0.39 is 109 Å². The van der Waals surface area contributed by atoms with Crippen LogP contribution in [0.3, 0.4) is 0 Å². The van der Waals surface area contributed by atoms with E-state index in [9.17, 15) is 4.79 Å². The molecule has 44 heteroatoms. The van der Waals surface area contributed by atoms with Gasteiger partial charge in [0.2, 0.25) is 12.5 Å². The van der Waals surface area contributed by atoms with Crippen LogP contribution in [0.15, 0.2) is 24.3 Å². The number of ether oxygens (including phenoxy) is 5. The van der Waals surface area contributed by atoms with Gasteiger partial charge in [-0.25, -0.2) is 0 Å². The van der Waals surface area contributed by atoms with Crippen molar-refractivity contribution in [1.82, 2.24) is 0 Å². The molecule has 1 atom stereocenters. The van der Waals surface area contributed by atoms with Crippen LogP contribution in [0.5, 0.6) is 28.7 Å². The lowest BCUT2D eigenvalue weighted by Gasteiger charge is -2.53. The van der Waals surface area contributed by atoms with Gasteiger partial charge >= 0.3 is 0 Å². The third-order valence-corrected chi connectivity index (χ3v) is 13.5. The number of carbonyl (C=O) groups excluding carboxylic acids is 1. The number of nitrogens with zero attached hydrogens (tertiary/aromatic N) is 1. The van der Waals surface area contributed by atoms with Crippen molar-refractivity contribution in [2.24, 2.45) is 0 Å². The van der Waals surface area contributed by atoms with Crippen LogP contribution in [0, 0.1) is 0 Å². The van der Waals surface area contributed by atoms with Gasteiger partial charge in [0.25, 0.3) is 0 Å². The van der Waals surface area contributed by atoms with Gasteiger partial charge in [0.15, 0.2) is 11.5 Å².